The molecule has 0 saturated heterocycles. The van der Waals surface area contributed by atoms with E-state index in [4.69, 9.17) is 14.3 Å². The van der Waals surface area contributed by atoms with E-state index < -0.39 is 27.8 Å². The first kappa shape index (κ1) is 17.3. The van der Waals surface area contributed by atoms with Crippen molar-refractivity contribution in [3.05, 3.63) is 58.1 Å². The number of nitrogens with one attached hydrogen (secondary N) is 2. The standard InChI is InChI=1S/C17H15N3O6S/c18-16(21)15-11-2-1-3-13(10(11)6-7-19-15)26-27(23,24)9-4-5-12-14(8-9)25-17(22)20-12/h1-5,8,15,19H,6-7H2,(H2,18,21)(H,20,22). The molecule has 2 heterocycles. The molecule has 0 spiro atoms. The maximum Gasteiger partial charge on any atom is 0.417 e. The number of aromatic nitrogens is 1. The molecule has 1 aliphatic heterocycles. The van der Waals surface area contributed by atoms with Crippen LogP contribution in [-0.4, -0.2) is 25.9 Å². The molecule has 0 radical (unpaired) electrons. The van der Waals surface area contributed by atoms with E-state index in [1.165, 1.54) is 24.3 Å². The Kier molecular flexibility index (Phi) is 4.01. The normalized spacial score (nSPS) is 16.8. The molecule has 0 saturated carbocycles. The molecule has 140 valence electrons. The van der Waals surface area contributed by atoms with Gasteiger partial charge in [0.15, 0.2) is 5.58 Å². The van der Waals surface area contributed by atoms with Crippen molar-refractivity contribution < 1.29 is 21.8 Å². The lowest BCUT2D eigenvalue weighted by Crippen LogP contribution is -2.38. The van der Waals surface area contributed by atoms with E-state index in [-0.39, 0.29) is 16.2 Å². The summed E-state index contributed by atoms with van der Waals surface area (Å²) in [6.07, 6.45) is 0.483. The van der Waals surface area contributed by atoms with E-state index in [2.05, 4.69) is 10.3 Å². The number of primary amides is 1. The molecule has 0 fully saturated rings. The van der Waals surface area contributed by atoms with Crippen LogP contribution >= 0.6 is 0 Å². The number of fused-ring (bicyclic) bond motifs is 2. The second-order valence-corrected chi connectivity index (χ2v) is 7.62. The SMILES string of the molecule is NC(=O)C1NCCc2c(OS(=O)(=O)c3ccc4[nH]c(=O)oc4c3)cccc21. The van der Waals surface area contributed by atoms with Crippen molar-refractivity contribution in [3.63, 3.8) is 0 Å². The lowest BCUT2D eigenvalue weighted by molar-refractivity contribution is -0.120. The molecular weight excluding hydrogens is 374 g/mol. The number of rotatable bonds is 4. The summed E-state index contributed by atoms with van der Waals surface area (Å²) < 4.78 is 35.6. The highest BCUT2D eigenvalue weighted by Crippen LogP contribution is 2.32. The van der Waals surface area contributed by atoms with Gasteiger partial charge >= 0.3 is 15.9 Å². The highest BCUT2D eigenvalue weighted by molar-refractivity contribution is 7.87. The number of amides is 1. The van der Waals surface area contributed by atoms with Crippen LogP contribution in [0.1, 0.15) is 17.2 Å². The molecule has 27 heavy (non-hydrogen) atoms. The zero-order valence-corrected chi connectivity index (χ0v) is 14.7. The zero-order valence-electron chi connectivity index (χ0n) is 13.9. The van der Waals surface area contributed by atoms with Gasteiger partial charge in [0.2, 0.25) is 5.91 Å². The van der Waals surface area contributed by atoms with E-state index >= 15 is 0 Å². The van der Waals surface area contributed by atoms with Gasteiger partial charge in [-0.15, -0.1) is 0 Å². The van der Waals surface area contributed by atoms with Crippen molar-refractivity contribution in [2.75, 3.05) is 6.54 Å². The van der Waals surface area contributed by atoms with Crippen LogP contribution in [0.4, 0.5) is 0 Å². The average molecular weight is 389 g/mol. The third kappa shape index (κ3) is 3.09. The molecule has 1 amide bonds. The number of carbonyl (C=O) groups is 1. The third-order valence-electron chi connectivity index (χ3n) is 4.37. The van der Waals surface area contributed by atoms with Gasteiger partial charge < -0.3 is 19.7 Å². The lowest BCUT2D eigenvalue weighted by atomic mass is 9.93. The predicted octanol–water partition coefficient (Wildman–Crippen LogP) is 0.561. The molecule has 10 heteroatoms. The first-order valence-corrected chi connectivity index (χ1v) is 9.48. The monoisotopic (exact) mass is 389 g/mol. The maximum atomic E-state index is 12.7. The Morgan fingerprint density at radius 3 is 2.85 bits per heavy atom. The summed E-state index contributed by atoms with van der Waals surface area (Å²) in [5, 5.41) is 2.99. The van der Waals surface area contributed by atoms with E-state index in [1.54, 1.807) is 12.1 Å². The summed E-state index contributed by atoms with van der Waals surface area (Å²) in [7, 11) is -4.18. The molecule has 9 nitrogen and oxygen atoms in total. The lowest BCUT2D eigenvalue weighted by Gasteiger charge is -2.26. The van der Waals surface area contributed by atoms with Crippen LogP contribution in [0.2, 0.25) is 0 Å². The fraction of sp³-hybridized carbons (Fsp3) is 0.176. The van der Waals surface area contributed by atoms with E-state index in [0.29, 0.717) is 29.6 Å². The Morgan fingerprint density at radius 1 is 1.26 bits per heavy atom. The summed E-state index contributed by atoms with van der Waals surface area (Å²) in [6.45, 7) is 0.460. The fourth-order valence-corrected chi connectivity index (χ4v) is 4.13. The first-order chi connectivity index (χ1) is 12.8. The van der Waals surface area contributed by atoms with Crippen LogP contribution in [0.15, 0.2) is 50.5 Å². The molecule has 4 rings (SSSR count). The number of carbonyl (C=O) groups excluding carboxylic acids is 1. The quantitative estimate of drug-likeness (QED) is 0.553. The van der Waals surface area contributed by atoms with Gasteiger partial charge in [0.05, 0.1) is 5.52 Å². The van der Waals surface area contributed by atoms with E-state index in [9.17, 15) is 18.0 Å². The fourth-order valence-electron chi connectivity index (χ4n) is 3.15. The number of nitrogens with two attached hydrogens (primary N) is 1. The molecule has 3 aromatic rings. The summed E-state index contributed by atoms with van der Waals surface area (Å²) >= 11 is 0. The largest absolute Gasteiger partial charge is 0.417 e. The minimum absolute atomic E-state index is 0.109. The van der Waals surface area contributed by atoms with Crippen LogP contribution < -0.4 is 21.0 Å². The van der Waals surface area contributed by atoms with Gasteiger partial charge in [-0.3, -0.25) is 9.78 Å². The van der Waals surface area contributed by atoms with Crippen LogP contribution in [0.3, 0.4) is 0 Å². The summed E-state index contributed by atoms with van der Waals surface area (Å²) in [5.41, 5.74) is 7.10. The van der Waals surface area contributed by atoms with Crippen LogP contribution in [0.25, 0.3) is 11.1 Å². The van der Waals surface area contributed by atoms with Crippen molar-refractivity contribution in [2.24, 2.45) is 5.73 Å². The molecule has 2 aromatic carbocycles. The Balaban J connectivity index is 1.73. The zero-order chi connectivity index (χ0) is 19.2. The number of H-pyrrole nitrogens is 1. The average Bonchev–Trinajstić information content (AvgIpc) is 3.00. The first-order valence-electron chi connectivity index (χ1n) is 8.07. The van der Waals surface area contributed by atoms with E-state index in [1.807, 2.05) is 0 Å². The van der Waals surface area contributed by atoms with Crippen LogP contribution in [0, 0.1) is 0 Å². The van der Waals surface area contributed by atoms with E-state index in [0.717, 1.165) is 0 Å². The van der Waals surface area contributed by atoms with Gasteiger partial charge in [0, 0.05) is 18.2 Å². The number of hydrogen-bond donors (Lipinski definition) is 3. The minimum Gasteiger partial charge on any atom is -0.408 e. The summed E-state index contributed by atoms with van der Waals surface area (Å²) in [6, 6.07) is 8.07. The summed E-state index contributed by atoms with van der Waals surface area (Å²) in [5.74, 6) is -1.10. The Hall–Kier alpha value is -3.11. The molecule has 1 aromatic heterocycles. The molecule has 4 N–H and O–H groups in total. The molecular formula is C17H15N3O6S. The third-order valence-corrected chi connectivity index (χ3v) is 5.60. The van der Waals surface area contributed by atoms with Crippen molar-refractivity contribution in [2.45, 2.75) is 17.4 Å². The Morgan fingerprint density at radius 2 is 2.07 bits per heavy atom. The van der Waals surface area contributed by atoms with Crippen molar-refractivity contribution in [1.29, 1.82) is 0 Å². The van der Waals surface area contributed by atoms with Crippen LogP contribution in [-0.2, 0) is 21.3 Å². The number of aromatic amines is 1. The summed E-state index contributed by atoms with van der Waals surface area (Å²) in [4.78, 5) is 25.1. The van der Waals surface area contributed by atoms with Gasteiger partial charge in [0.1, 0.15) is 16.7 Å². The van der Waals surface area contributed by atoms with Gasteiger partial charge in [-0.05, 0) is 30.2 Å². The second kappa shape index (κ2) is 6.25. The second-order valence-electron chi connectivity index (χ2n) is 6.07. The molecule has 1 atom stereocenters. The molecule has 0 aliphatic carbocycles. The topological polar surface area (TPSA) is 144 Å². The smallest absolute Gasteiger partial charge is 0.408 e. The highest BCUT2D eigenvalue weighted by atomic mass is 32.2. The van der Waals surface area contributed by atoms with Gasteiger partial charge in [-0.1, -0.05) is 12.1 Å². The highest BCUT2D eigenvalue weighted by Gasteiger charge is 2.28. The van der Waals surface area contributed by atoms with Crippen molar-refractivity contribution in [1.82, 2.24) is 10.3 Å². The van der Waals surface area contributed by atoms with Gasteiger partial charge in [-0.2, -0.15) is 8.42 Å². The Bertz CT molecular complexity index is 1210. The molecule has 0 bridgehead atoms. The Labute approximate surface area is 153 Å². The van der Waals surface area contributed by atoms with Crippen LogP contribution in [0.5, 0.6) is 5.75 Å². The number of oxazole rings is 1. The van der Waals surface area contributed by atoms with Gasteiger partial charge in [-0.25, -0.2) is 4.79 Å². The number of hydrogen-bond acceptors (Lipinski definition) is 7. The molecule has 1 aliphatic rings. The number of benzene rings is 2. The molecule has 1 unspecified atom stereocenters. The predicted molar refractivity (Wildman–Crippen MR) is 94.7 cm³/mol. The maximum absolute atomic E-state index is 12.7. The van der Waals surface area contributed by atoms with Gasteiger partial charge in [0.25, 0.3) is 0 Å². The van der Waals surface area contributed by atoms with Crippen molar-refractivity contribution in [3.8, 4) is 5.75 Å². The minimum atomic E-state index is -4.18. The van der Waals surface area contributed by atoms with Crippen molar-refractivity contribution >= 4 is 27.1 Å².